The van der Waals surface area contributed by atoms with Gasteiger partial charge in [-0.2, -0.15) is 0 Å². The van der Waals surface area contributed by atoms with Crippen LogP contribution in [0.5, 0.6) is 5.75 Å². The van der Waals surface area contributed by atoms with E-state index in [1.807, 2.05) is 26.0 Å². The summed E-state index contributed by atoms with van der Waals surface area (Å²) >= 11 is 0. The van der Waals surface area contributed by atoms with Gasteiger partial charge in [0.05, 0.1) is 26.4 Å². The molecule has 0 atom stereocenters. The van der Waals surface area contributed by atoms with E-state index in [2.05, 4.69) is 5.32 Å². The standard InChI is InChI=1S/C20H21NO4/c1-12-4-6-17-15(11-25-20(17)13(12)2)9-19(23)21-16-5-7-18(24-3)14(8-16)10-22/h4-8,11,22H,9-10H2,1-3H3,(H,21,23). The van der Waals surface area contributed by atoms with E-state index in [9.17, 15) is 9.90 Å². The summed E-state index contributed by atoms with van der Waals surface area (Å²) in [5, 5.41) is 13.2. The number of aliphatic hydroxyl groups excluding tert-OH is 1. The molecule has 2 N–H and O–H groups in total. The minimum absolute atomic E-state index is 0.144. The summed E-state index contributed by atoms with van der Waals surface area (Å²) < 4.78 is 10.8. The number of hydrogen-bond donors (Lipinski definition) is 2. The number of furan rings is 1. The summed E-state index contributed by atoms with van der Waals surface area (Å²) in [6.07, 6.45) is 1.86. The van der Waals surface area contributed by atoms with E-state index in [1.165, 1.54) is 0 Å². The van der Waals surface area contributed by atoms with Crippen LogP contribution in [0.15, 0.2) is 41.0 Å². The van der Waals surface area contributed by atoms with Gasteiger partial charge in [-0.3, -0.25) is 4.79 Å². The molecule has 0 saturated heterocycles. The van der Waals surface area contributed by atoms with Crippen molar-refractivity contribution in [3.05, 3.63) is 58.8 Å². The van der Waals surface area contributed by atoms with Crippen molar-refractivity contribution in [2.75, 3.05) is 12.4 Å². The number of ether oxygens (including phenoxy) is 1. The molecule has 1 amide bonds. The molecule has 1 heterocycles. The van der Waals surface area contributed by atoms with Crippen molar-refractivity contribution in [3.8, 4) is 5.75 Å². The summed E-state index contributed by atoms with van der Waals surface area (Å²) in [6.45, 7) is 3.89. The number of aryl methyl sites for hydroxylation is 2. The summed E-state index contributed by atoms with van der Waals surface area (Å²) in [4.78, 5) is 12.4. The maximum atomic E-state index is 12.4. The molecule has 1 aromatic heterocycles. The minimum atomic E-state index is -0.155. The van der Waals surface area contributed by atoms with E-state index in [0.29, 0.717) is 17.0 Å². The van der Waals surface area contributed by atoms with Crippen LogP contribution >= 0.6 is 0 Å². The third kappa shape index (κ3) is 3.37. The topological polar surface area (TPSA) is 71.7 Å². The molecule has 3 aromatic rings. The number of nitrogens with one attached hydrogen (secondary N) is 1. The molecular formula is C20H21NO4. The third-order valence-electron chi connectivity index (χ3n) is 4.43. The quantitative estimate of drug-likeness (QED) is 0.743. The Kier molecular flexibility index (Phi) is 4.76. The Morgan fingerprint density at radius 1 is 1.20 bits per heavy atom. The molecule has 0 aliphatic heterocycles. The SMILES string of the molecule is COc1ccc(NC(=O)Cc2coc3c(C)c(C)ccc23)cc1CO. The Morgan fingerprint density at radius 2 is 2.00 bits per heavy atom. The number of hydrogen-bond acceptors (Lipinski definition) is 4. The highest BCUT2D eigenvalue weighted by atomic mass is 16.5. The maximum absolute atomic E-state index is 12.4. The number of methoxy groups -OCH3 is 1. The number of benzene rings is 2. The molecule has 0 saturated carbocycles. The second-order valence-corrected chi connectivity index (χ2v) is 6.05. The minimum Gasteiger partial charge on any atom is -0.496 e. The maximum Gasteiger partial charge on any atom is 0.228 e. The van der Waals surface area contributed by atoms with E-state index >= 15 is 0 Å². The number of rotatable bonds is 5. The highest BCUT2D eigenvalue weighted by Gasteiger charge is 2.13. The average molecular weight is 339 g/mol. The second-order valence-electron chi connectivity index (χ2n) is 6.05. The van der Waals surface area contributed by atoms with E-state index in [0.717, 1.165) is 27.7 Å². The first-order valence-electron chi connectivity index (χ1n) is 8.07. The predicted molar refractivity (Wildman–Crippen MR) is 96.9 cm³/mol. The van der Waals surface area contributed by atoms with Gasteiger partial charge < -0.3 is 19.6 Å². The molecule has 0 radical (unpaired) electrons. The normalized spacial score (nSPS) is 10.9. The Morgan fingerprint density at radius 3 is 2.72 bits per heavy atom. The summed E-state index contributed by atoms with van der Waals surface area (Å²) in [7, 11) is 1.54. The Hall–Kier alpha value is -2.79. The van der Waals surface area contributed by atoms with Gasteiger partial charge in [0.1, 0.15) is 11.3 Å². The van der Waals surface area contributed by atoms with Crippen LogP contribution in [0, 0.1) is 13.8 Å². The summed E-state index contributed by atoms with van der Waals surface area (Å²) in [5.74, 6) is 0.446. The van der Waals surface area contributed by atoms with Crippen LogP contribution in [-0.2, 0) is 17.8 Å². The van der Waals surface area contributed by atoms with Crippen LogP contribution in [0.1, 0.15) is 22.3 Å². The zero-order valence-electron chi connectivity index (χ0n) is 14.6. The summed E-state index contributed by atoms with van der Waals surface area (Å²) in [5.41, 5.74) is 5.18. The van der Waals surface area contributed by atoms with Gasteiger partial charge in [0.25, 0.3) is 0 Å². The lowest BCUT2D eigenvalue weighted by Crippen LogP contribution is -2.14. The van der Waals surface area contributed by atoms with Crippen molar-refractivity contribution < 1.29 is 19.1 Å². The fraction of sp³-hybridized carbons (Fsp3) is 0.250. The summed E-state index contributed by atoms with van der Waals surface area (Å²) in [6, 6.07) is 9.20. The number of fused-ring (bicyclic) bond motifs is 1. The van der Waals surface area contributed by atoms with Gasteiger partial charge in [-0.05, 0) is 43.2 Å². The van der Waals surface area contributed by atoms with Crippen LogP contribution in [0.3, 0.4) is 0 Å². The first-order valence-corrected chi connectivity index (χ1v) is 8.07. The molecule has 2 aromatic carbocycles. The molecule has 25 heavy (non-hydrogen) atoms. The van der Waals surface area contributed by atoms with E-state index < -0.39 is 0 Å². The lowest BCUT2D eigenvalue weighted by molar-refractivity contribution is -0.115. The van der Waals surface area contributed by atoms with Gasteiger partial charge in [0.15, 0.2) is 0 Å². The lowest BCUT2D eigenvalue weighted by Gasteiger charge is -2.10. The molecule has 5 nitrogen and oxygen atoms in total. The van der Waals surface area contributed by atoms with Crippen LogP contribution in [0.4, 0.5) is 5.69 Å². The zero-order valence-corrected chi connectivity index (χ0v) is 14.6. The number of amides is 1. The van der Waals surface area contributed by atoms with Gasteiger partial charge in [-0.25, -0.2) is 0 Å². The molecule has 0 aliphatic carbocycles. The van der Waals surface area contributed by atoms with Crippen molar-refractivity contribution >= 4 is 22.6 Å². The Bertz CT molecular complexity index is 927. The van der Waals surface area contributed by atoms with Crippen molar-refractivity contribution in [2.45, 2.75) is 26.9 Å². The number of anilines is 1. The van der Waals surface area contributed by atoms with Crippen LogP contribution in [-0.4, -0.2) is 18.1 Å². The van der Waals surface area contributed by atoms with Crippen LogP contribution in [0.25, 0.3) is 11.0 Å². The van der Waals surface area contributed by atoms with Crippen molar-refractivity contribution in [2.24, 2.45) is 0 Å². The molecule has 0 aliphatic rings. The van der Waals surface area contributed by atoms with Crippen molar-refractivity contribution in [3.63, 3.8) is 0 Å². The fourth-order valence-electron chi connectivity index (χ4n) is 2.88. The number of carbonyl (C=O) groups is 1. The number of aliphatic hydroxyl groups is 1. The first-order chi connectivity index (χ1) is 12.0. The Labute approximate surface area is 146 Å². The fourth-order valence-corrected chi connectivity index (χ4v) is 2.88. The van der Waals surface area contributed by atoms with E-state index in [4.69, 9.17) is 9.15 Å². The second kappa shape index (κ2) is 6.99. The average Bonchev–Trinajstić information content (AvgIpc) is 3.01. The largest absolute Gasteiger partial charge is 0.496 e. The third-order valence-corrected chi connectivity index (χ3v) is 4.43. The molecule has 0 unspecified atom stereocenters. The van der Waals surface area contributed by atoms with Gasteiger partial charge in [0, 0.05) is 22.2 Å². The van der Waals surface area contributed by atoms with Crippen LogP contribution < -0.4 is 10.1 Å². The van der Waals surface area contributed by atoms with Crippen molar-refractivity contribution in [1.29, 1.82) is 0 Å². The molecule has 5 heteroatoms. The highest BCUT2D eigenvalue weighted by molar-refractivity contribution is 5.96. The van der Waals surface area contributed by atoms with E-state index in [1.54, 1.807) is 31.6 Å². The Balaban J connectivity index is 1.78. The number of carbonyl (C=O) groups excluding carboxylic acids is 1. The van der Waals surface area contributed by atoms with Crippen molar-refractivity contribution in [1.82, 2.24) is 0 Å². The molecular weight excluding hydrogens is 318 g/mol. The lowest BCUT2D eigenvalue weighted by atomic mass is 10.0. The zero-order chi connectivity index (χ0) is 18.0. The van der Waals surface area contributed by atoms with Gasteiger partial charge in [-0.15, -0.1) is 0 Å². The smallest absolute Gasteiger partial charge is 0.228 e. The van der Waals surface area contributed by atoms with Gasteiger partial charge in [-0.1, -0.05) is 12.1 Å². The first kappa shape index (κ1) is 17.0. The monoisotopic (exact) mass is 339 g/mol. The molecule has 130 valence electrons. The predicted octanol–water partition coefficient (Wildman–Crippen LogP) is 3.73. The molecule has 0 bridgehead atoms. The van der Waals surface area contributed by atoms with Gasteiger partial charge >= 0.3 is 0 Å². The van der Waals surface area contributed by atoms with Crippen LogP contribution in [0.2, 0.25) is 0 Å². The van der Waals surface area contributed by atoms with E-state index in [-0.39, 0.29) is 18.9 Å². The molecule has 0 spiro atoms. The van der Waals surface area contributed by atoms with Gasteiger partial charge in [0.2, 0.25) is 5.91 Å². The highest BCUT2D eigenvalue weighted by Crippen LogP contribution is 2.27. The molecule has 0 fully saturated rings. The molecule has 3 rings (SSSR count).